The number of hydrogen-bond donors (Lipinski definition) is 3. The van der Waals surface area contributed by atoms with Crippen LogP contribution in [0, 0.1) is 0 Å². The predicted molar refractivity (Wildman–Crippen MR) is 59.4 cm³/mol. The lowest BCUT2D eigenvalue weighted by Crippen LogP contribution is -2.09. The number of aromatic nitrogens is 5. The molecule has 0 atom stereocenters. The number of fused-ring (bicyclic) bond motifs is 1. The molecule has 17 heavy (non-hydrogen) atoms. The van der Waals surface area contributed by atoms with Crippen LogP contribution in [0.3, 0.4) is 0 Å². The van der Waals surface area contributed by atoms with Crippen molar-refractivity contribution in [2.24, 2.45) is 0 Å². The van der Waals surface area contributed by atoms with E-state index in [2.05, 4.69) is 25.6 Å². The Morgan fingerprint density at radius 2 is 2.18 bits per heavy atom. The zero-order valence-electron chi connectivity index (χ0n) is 8.51. The van der Waals surface area contributed by atoms with Gasteiger partial charge in [0.25, 0.3) is 5.56 Å². The molecule has 3 aromatic rings. The maximum Gasteiger partial charge on any atom is 0.259 e. The van der Waals surface area contributed by atoms with Gasteiger partial charge in [0.1, 0.15) is 5.75 Å². The third-order valence-corrected chi connectivity index (χ3v) is 2.44. The van der Waals surface area contributed by atoms with E-state index >= 15 is 0 Å². The molecule has 0 radical (unpaired) electrons. The van der Waals surface area contributed by atoms with E-state index in [1.54, 1.807) is 18.2 Å². The second-order valence-electron chi connectivity index (χ2n) is 3.49. The summed E-state index contributed by atoms with van der Waals surface area (Å²) in [7, 11) is 0. The van der Waals surface area contributed by atoms with Crippen LogP contribution in [0.5, 0.6) is 5.75 Å². The topological polar surface area (TPSA) is 108 Å². The number of phenolic OH excluding ortho intramolecular Hbond substituents is 1. The summed E-state index contributed by atoms with van der Waals surface area (Å²) in [5, 5.41) is 23.5. The zero-order valence-corrected chi connectivity index (χ0v) is 8.51. The molecule has 0 fully saturated rings. The van der Waals surface area contributed by atoms with Gasteiger partial charge in [0.05, 0.1) is 11.1 Å². The smallest absolute Gasteiger partial charge is 0.259 e. The Morgan fingerprint density at radius 1 is 1.29 bits per heavy atom. The summed E-state index contributed by atoms with van der Waals surface area (Å²) in [5.41, 5.74) is 0.321. The number of aromatic hydroxyl groups is 1. The highest BCUT2D eigenvalue weighted by atomic mass is 16.3. The molecule has 0 aliphatic carbocycles. The van der Waals surface area contributed by atoms with E-state index in [0.717, 1.165) is 0 Å². The molecular formula is C10H7N5O2. The SMILES string of the molecule is O=c1[nH]c2c(O)cccc2cc1-c1nn[nH]n1. The molecule has 0 bridgehead atoms. The fourth-order valence-corrected chi connectivity index (χ4v) is 1.66. The highest BCUT2D eigenvalue weighted by molar-refractivity contribution is 5.86. The molecule has 0 amide bonds. The summed E-state index contributed by atoms with van der Waals surface area (Å²) in [6.07, 6.45) is 0. The lowest BCUT2D eigenvalue weighted by atomic mass is 10.1. The van der Waals surface area contributed by atoms with Crippen LogP contribution in [-0.2, 0) is 0 Å². The van der Waals surface area contributed by atoms with Gasteiger partial charge in [-0.3, -0.25) is 4.79 Å². The number of para-hydroxylation sites is 1. The van der Waals surface area contributed by atoms with Crippen LogP contribution in [-0.4, -0.2) is 30.7 Å². The average Bonchev–Trinajstić information content (AvgIpc) is 2.83. The molecular weight excluding hydrogens is 222 g/mol. The number of rotatable bonds is 1. The molecule has 2 aromatic heterocycles. The van der Waals surface area contributed by atoms with Crippen LogP contribution < -0.4 is 5.56 Å². The molecule has 0 unspecified atom stereocenters. The minimum atomic E-state index is -0.375. The summed E-state index contributed by atoms with van der Waals surface area (Å²) in [6, 6.07) is 6.58. The summed E-state index contributed by atoms with van der Waals surface area (Å²) in [4.78, 5) is 14.4. The third kappa shape index (κ3) is 1.44. The van der Waals surface area contributed by atoms with Crippen molar-refractivity contribution in [1.82, 2.24) is 25.6 Å². The van der Waals surface area contributed by atoms with Crippen LogP contribution in [0.15, 0.2) is 29.1 Å². The summed E-state index contributed by atoms with van der Waals surface area (Å²) >= 11 is 0. The first-order chi connectivity index (χ1) is 8.25. The number of nitrogens with one attached hydrogen (secondary N) is 2. The number of pyridine rings is 1. The van der Waals surface area contributed by atoms with Gasteiger partial charge < -0.3 is 10.1 Å². The van der Waals surface area contributed by atoms with Gasteiger partial charge in [-0.05, 0) is 17.3 Å². The monoisotopic (exact) mass is 229 g/mol. The van der Waals surface area contributed by atoms with Crippen LogP contribution in [0.4, 0.5) is 0 Å². The standard InChI is InChI=1S/C10H7N5O2/c16-7-3-1-2-5-4-6(9-12-14-15-13-9)10(17)11-8(5)7/h1-4,16H,(H,11,17)(H,12,13,14,15). The fourth-order valence-electron chi connectivity index (χ4n) is 1.66. The van der Waals surface area contributed by atoms with Crippen molar-refractivity contribution >= 4 is 10.9 Å². The van der Waals surface area contributed by atoms with Gasteiger partial charge in [0.2, 0.25) is 5.82 Å². The van der Waals surface area contributed by atoms with E-state index in [-0.39, 0.29) is 17.1 Å². The molecule has 2 heterocycles. The molecule has 3 N–H and O–H groups in total. The first-order valence-electron chi connectivity index (χ1n) is 4.84. The van der Waals surface area contributed by atoms with Gasteiger partial charge in [-0.1, -0.05) is 12.1 Å². The van der Waals surface area contributed by atoms with Crippen LogP contribution in [0.2, 0.25) is 0 Å². The van der Waals surface area contributed by atoms with Crippen LogP contribution in [0.25, 0.3) is 22.3 Å². The van der Waals surface area contributed by atoms with Crippen LogP contribution in [0.1, 0.15) is 0 Å². The normalized spacial score (nSPS) is 10.8. The van der Waals surface area contributed by atoms with Crippen molar-refractivity contribution in [3.05, 3.63) is 34.6 Å². The number of nitrogens with zero attached hydrogens (tertiary/aromatic N) is 3. The molecule has 0 spiro atoms. The number of aromatic amines is 2. The molecule has 3 rings (SSSR count). The average molecular weight is 229 g/mol. The molecule has 7 heteroatoms. The Kier molecular flexibility index (Phi) is 1.91. The Balaban J connectivity index is 2.36. The van der Waals surface area contributed by atoms with E-state index < -0.39 is 0 Å². The molecule has 0 aliphatic heterocycles. The van der Waals surface area contributed by atoms with E-state index in [1.807, 2.05) is 0 Å². The molecule has 0 saturated heterocycles. The number of H-pyrrole nitrogens is 2. The quantitative estimate of drug-likeness (QED) is 0.560. The summed E-state index contributed by atoms with van der Waals surface area (Å²) in [5.74, 6) is 0.246. The predicted octanol–water partition coefficient (Wildman–Crippen LogP) is 0.414. The van der Waals surface area contributed by atoms with E-state index in [9.17, 15) is 9.90 Å². The fraction of sp³-hybridized carbons (Fsp3) is 0. The second-order valence-corrected chi connectivity index (χ2v) is 3.49. The Hall–Kier alpha value is -2.70. The number of benzene rings is 1. The van der Waals surface area contributed by atoms with Crippen molar-refractivity contribution in [2.45, 2.75) is 0 Å². The van der Waals surface area contributed by atoms with E-state index in [1.165, 1.54) is 6.07 Å². The number of phenols is 1. The van der Waals surface area contributed by atoms with Gasteiger partial charge in [-0.15, -0.1) is 10.2 Å². The van der Waals surface area contributed by atoms with E-state index in [4.69, 9.17) is 0 Å². The molecule has 0 saturated carbocycles. The maximum absolute atomic E-state index is 11.8. The maximum atomic E-state index is 11.8. The summed E-state index contributed by atoms with van der Waals surface area (Å²) < 4.78 is 0. The Morgan fingerprint density at radius 3 is 2.94 bits per heavy atom. The number of tetrazole rings is 1. The lowest BCUT2D eigenvalue weighted by molar-refractivity contribution is 0.480. The van der Waals surface area contributed by atoms with Crippen molar-refractivity contribution in [1.29, 1.82) is 0 Å². The Bertz CT molecular complexity index is 732. The van der Waals surface area contributed by atoms with Gasteiger partial charge in [-0.25, -0.2) is 0 Å². The lowest BCUT2D eigenvalue weighted by Gasteiger charge is -2.01. The highest BCUT2D eigenvalue weighted by Gasteiger charge is 2.10. The van der Waals surface area contributed by atoms with Crippen molar-refractivity contribution < 1.29 is 5.11 Å². The highest BCUT2D eigenvalue weighted by Crippen LogP contribution is 2.22. The zero-order chi connectivity index (χ0) is 11.8. The number of hydrogen-bond acceptors (Lipinski definition) is 5. The summed E-state index contributed by atoms with van der Waals surface area (Å²) in [6.45, 7) is 0. The second kappa shape index (κ2) is 3.41. The van der Waals surface area contributed by atoms with Gasteiger partial charge in [-0.2, -0.15) is 5.21 Å². The van der Waals surface area contributed by atoms with Crippen molar-refractivity contribution in [3.8, 4) is 17.1 Å². The minimum absolute atomic E-state index is 0.0271. The first kappa shape index (κ1) is 9.52. The Labute approximate surface area is 94.1 Å². The molecule has 0 aliphatic rings. The van der Waals surface area contributed by atoms with Gasteiger partial charge in [0.15, 0.2) is 0 Å². The van der Waals surface area contributed by atoms with Crippen LogP contribution >= 0.6 is 0 Å². The largest absolute Gasteiger partial charge is 0.506 e. The molecule has 7 nitrogen and oxygen atoms in total. The van der Waals surface area contributed by atoms with Crippen molar-refractivity contribution in [2.75, 3.05) is 0 Å². The third-order valence-electron chi connectivity index (χ3n) is 2.44. The first-order valence-corrected chi connectivity index (χ1v) is 4.84. The van der Waals surface area contributed by atoms with Crippen molar-refractivity contribution in [3.63, 3.8) is 0 Å². The molecule has 1 aromatic carbocycles. The van der Waals surface area contributed by atoms with E-state index in [0.29, 0.717) is 16.5 Å². The molecule has 84 valence electrons. The van der Waals surface area contributed by atoms with Gasteiger partial charge in [0, 0.05) is 5.39 Å². The minimum Gasteiger partial charge on any atom is -0.506 e. The van der Waals surface area contributed by atoms with Gasteiger partial charge >= 0.3 is 0 Å².